The molecule has 0 aromatic carbocycles. The summed E-state index contributed by atoms with van der Waals surface area (Å²) in [6.45, 7) is 6.54. The molecular weight excluding hydrogens is 306 g/mol. The van der Waals surface area contributed by atoms with E-state index < -0.39 is 0 Å². The van der Waals surface area contributed by atoms with Crippen molar-refractivity contribution in [2.24, 2.45) is 13.0 Å². The number of nitrogens with zero attached hydrogens (tertiary/aromatic N) is 5. The average Bonchev–Trinajstić information content (AvgIpc) is 3.08. The highest BCUT2D eigenvalue weighted by atomic mass is 16.3. The van der Waals surface area contributed by atoms with E-state index in [1.807, 2.05) is 24.3 Å². The Balaban J connectivity index is 1.49. The zero-order valence-corrected chi connectivity index (χ0v) is 14.3. The number of aromatic nitrogens is 2. The normalized spacial score (nSPS) is 36.1. The van der Waals surface area contributed by atoms with Crippen LogP contribution >= 0.6 is 0 Å². The molecule has 7 nitrogen and oxygen atoms in total. The number of carbonyl (C=O) groups excluding carboxylic acids is 1. The van der Waals surface area contributed by atoms with Gasteiger partial charge in [0.05, 0.1) is 6.20 Å². The van der Waals surface area contributed by atoms with Crippen LogP contribution in [0.4, 0.5) is 0 Å². The standard InChI is InChI=1S/C17H27N5O2/c1-19-8-13(7-18-19)15-10-22(9-14(15)12-23)17(24)16-11-20-3-2-4-21(16)6-5-20/h7-8,14-16,23H,2-6,9-12H2,1H3/t14-,15-,16?/m0/s1. The molecule has 0 radical (unpaired) electrons. The van der Waals surface area contributed by atoms with E-state index in [-0.39, 0.29) is 30.4 Å². The Bertz CT molecular complexity index is 600. The molecule has 1 aromatic heterocycles. The predicted molar refractivity (Wildman–Crippen MR) is 89.5 cm³/mol. The van der Waals surface area contributed by atoms with E-state index >= 15 is 0 Å². The first kappa shape index (κ1) is 16.1. The van der Waals surface area contributed by atoms with Crippen molar-refractivity contribution in [3.63, 3.8) is 0 Å². The monoisotopic (exact) mass is 333 g/mol. The Morgan fingerprint density at radius 3 is 2.88 bits per heavy atom. The fourth-order valence-electron chi connectivity index (χ4n) is 4.54. The fourth-order valence-corrected chi connectivity index (χ4v) is 4.54. The van der Waals surface area contributed by atoms with Gasteiger partial charge in [0.15, 0.2) is 0 Å². The third kappa shape index (κ3) is 2.85. The van der Waals surface area contributed by atoms with Crippen molar-refractivity contribution in [3.8, 4) is 0 Å². The maximum Gasteiger partial charge on any atom is 0.241 e. The summed E-state index contributed by atoms with van der Waals surface area (Å²) in [6.07, 6.45) is 5.02. The van der Waals surface area contributed by atoms with E-state index in [4.69, 9.17) is 0 Å². The molecule has 4 aliphatic heterocycles. The lowest BCUT2D eigenvalue weighted by Gasteiger charge is -2.38. The van der Waals surface area contributed by atoms with Gasteiger partial charge >= 0.3 is 0 Å². The van der Waals surface area contributed by atoms with Gasteiger partial charge < -0.3 is 10.0 Å². The Morgan fingerprint density at radius 2 is 2.12 bits per heavy atom. The van der Waals surface area contributed by atoms with Crippen molar-refractivity contribution in [1.29, 1.82) is 0 Å². The minimum absolute atomic E-state index is 0.00626. The molecule has 24 heavy (non-hydrogen) atoms. The Labute approximate surface area is 142 Å². The average molecular weight is 333 g/mol. The molecule has 0 aliphatic carbocycles. The zero-order valence-electron chi connectivity index (χ0n) is 14.3. The van der Waals surface area contributed by atoms with E-state index in [1.54, 1.807) is 4.68 Å². The van der Waals surface area contributed by atoms with Gasteiger partial charge in [-0.25, -0.2) is 0 Å². The topological polar surface area (TPSA) is 64.8 Å². The summed E-state index contributed by atoms with van der Waals surface area (Å²) in [5, 5.41) is 14.0. The molecule has 5 heterocycles. The van der Waals surface area contributed by atoms with Crippen molar-refractivity contribution in [2.75, 3.05) is 52.4 Å². The van der Waals surface area contributed by atoms with E-state index in [0.29, 0.717) is 13.1 Å². The SMILES string of the molecule is Cn1cc([C@@H]2CN(C(=O)C3CN4CCCN3CC4)C[C@H]2CO)cn1. The largest absolute Gasteiger partial charge is 0.396 e. The van der Waals surface area contributed by atoms with Crippen molar-refractivity contribution in [2.45, 2.75) is 18.4 Å². The third-order valence-electron chi connectivity index (χ3n) is 5.92. The molecule has 4 fully saturated rings. The Kier molecular flexibility index (Phi) is 4.32. The van der Waals surface area contributed by atoms with Crippen molar-refractivity contribution >= 4 is 5.91 Å². The lowest BCUT2D eigenvalue weighted by atomic mass is 9.92. The van der Waals surface area contributed by atoms with Gasteiger partial charge in [-0.3, -0.25) is 19.3 Å². The van der Waals surface area contributed by atoms with Gasteiger partial charge in [0.25, 0.3) is 0 Å². The van der Waals surface area contributed by atoms with Gasteiger partial charge in [0, 0.05) is 71.0 Å². The van der Waals surface area contributed by atoms with Crippen LogP contribution in [0.3, 0.4) is 0 Å². The number of rotatable bonds is 3. The van der Waals surface area contributed by atoms with Crippen molar-refractivity contribution in [1.82, 2.24) is 24.5 Å². The van der Waals surface area contributed by atoms with E-state index in [1.165, 1.54) is 0 Å². The van der Waals surface area contributed by atoms with E-state index in [0.717, 1.165) is 44.7 Å². The molecule has 5 atom stereocenters. The molecule has 2 bridgehead atoms. The van der Waals surface area contributed by atoms with Gasteiger partial charge in [0.1, 0.15) is 6.04 Å². The molecule has 1 N–H and O–H groups in total. The van der Waals surface area contributed by atoms with Gasteiger partial charge in [-0.1, -0.05) is 0 Å². The summed E-state index contributed by atoms with van der Waals surface area (Å²) >= 11 is 0. The zero-order chi connectivity index (χ0) is 16.7. The quantitative estimate of drug-likeness (QED) is 0.796. The second-order valence-corrected chi connectivity index (χ2v) is 7.45. The number of aliphatic hydroxyl groups is 1. The number of hydrogen-bond acceptors (Lipinski definition) is 5. The summed E-state index contributed by atoms with van der Waals surface area (Å²) < 4.78 is 1.79. The van der Waals surface area contributed by atoms with Gasteiger partial charge in [-0.2, -0.15) is 5.10 Å². The molecule has 132 valence electrons. The molecule has 7 heteroatoms. The predicted octanol–water partition coefficient (Wildman–Crippen LogP) is -0.656. The van der Waals surface area contributed by atoms with Crippen LogP contribution in [0.5, 0.6) is 0 Å². The molecule has 0 spiro atoms. The number of aryl methyl sites for hydroxylation is 1. The molecule has 3 unspecified atom stereocenters. The van der Waals surface area contributed by atoms with Crippen molar-refractivity contribution in [3.05, 3.63) is 18.0 Å². The van der Waals surface area contributed by atoms with Crippen LogP contribution < -0.4 is 0 Å². The van der Waals surface area contributed by atoms with Crippen molar-refractivity contribution < 1.29 is 9.90 Å². The number of hydrogen-bond donors (Lipinski definition) is 1. The minimum atomic E-state index is -0.00626. The van der Waals surface area contributed by atoms with Crippen LogP contribution in [0.2, 0.25) is 0 Å². The molecule has 4 aliphatic rings. The lowest BCUT2D eigenvalue weighted by molar-refractivity contribution is -0.137. The molecule has 4 saturated heterocycles. The molecule has 5 rings (SSSR count). The van der Waals surface area contributed by atoms with Crippen LogP contribution in [0.25, 0.3) is 0 Å². The third-order valence-corrected chi connectivity index (χ3v) is 5.92. The van der Waals surface area contributed by atoms with E-state index in [9.17, 15) is 9.90 Å². The maximum absolute atomic E-state index is 13.1. The van der Waals surface area contributed by atoms with E-state index in [2.05, 4.69) is 14.9 Å². The van der Waals surface area contributed by atoms with Gasteiger partial charge in [0.2, 0.25) is 5.91 Å². The summed E-state index contributed by atoms with van der Waals surface area (Å²) in [5.74, 6) is 0.536. The highest BCUT2D eigenvalue weighted by Gasteiger charge is 2.42. The smallest absolute Gasteiger partial charge is 0.241 e. The highest BCUT2D eigenvalue weighted by molar-refractivity contribution is 5.82. The van der Waals surface area contributed by atoms with Crippen LogP contribution in [-0.2, 0) is 11.8 Å². The molecule has 1 aromatic rings. The van der Waals surface area contributed by atoms with Gasteiger partial charge in [-0.15, -0.1) is 0 Å². The second-order valence-electron chi connectivity index (χ2n) is 7.45. The Hall–Kier alpha value is -1.44. The number of fused-ring (bicyclic) bond motifs is 4. The minimum Gasteiger partial charge on any atom is -0.396 e. The lowest BCUT2D eigenvalue weighted by Crippen LogP contribution is -2.57. The molecule has 0 saturated carbocycles. The summed E-state index contributed by atoms with van der Waals surface area (Å²) in [5.41, 5.74) is 1.12. The maximum atomic E-state index is 13.1. The first-order valence-corrected chi connectivity index (χ1v) is 9.00. The highest BCUT2D eigenvalue weighted by Crippen LogP contribution is 2.33. The summed E-state index contributed by atoms with van der Waals surface area (Å²) in [4.78, 5) is 19.9. The fraction of sp³-hybridized carbons (Fsp3) is 0.765. The summed E-state index contributed by atoms with van der Waals surface area (Å²) in [7, 11) is 1.90. The van der Waals surface area contributed by atoms with Crippen LogP contribution in [-0.4, -0.2) is 94.0 Å². The molecule has 1 amide bonds. The number of aliphatic hydroxyl groups excluding tert-OH is 1. The van der Waals surface area contributed by atoms with Crippen LogP contribution in [0.1, 0.15) is 17.9 Å². The number of amides is 1. The first-order valence-electron chi connectivity index (χ1n) is 9.00. The first-order chi connectivity index (χ1) is 11.7. The summed E-state index contributed by atoms with van der Waals surface area (Å²) in [6, 6.07) is -0.00626. The van der Waals surface area contributed by atoms with Crippen LogP contribution in [0.15, 0.2) is 12.4 Å². The van der Waals surface area contributed by atoms with Crippen LogP contribution in [0, 0.1) is 5.92 Å². The Morgan fingerprint density at radius 1 is 1.25 bits per heavy atom. The second kappa shape index (κ2) is 6.46. The number of piperazine rings is 1. The number of likely N-dealkylation sites (tertiary alicyclic amines) is 1. The van der Waals surface area contributed by atoms with Gasteiger partial charge in [-0.05, 0) is 18.5 Å². The number of carbonyl (C=O) groups is 1. The molecular formula is C17H27N5O2.